The van der Waals surface area contributed by atoms with E-state index < -0.39 is 0 Å². The summed E-state index contributed by atoms with van der Waals surface area (Å²) in [5.41, 5.74) is 12.5. The minimum Gasteiger partial charge on any atom is -0.497 e. The number of nitriles is 2. The van der Waals surface area contributed by atoms with Crippen LogP contribution < -0.4 is 23.8 Å². The summed E-state index contributed by atoms with van der Waals surface area (Å²) in [7, 11) is 1.70. The zero-order valence-corrected chi connectivity index (χ0v) is 77.1. The Kier molecular flexibility index (Phi) is 37.4. The number of piperidine rings is 1. The van der Waals surface area contributed by atoms with Gasteiger partial charge in [-0.2, -0.15) is 10.5 Å². The largest absolute Gasteiger partial charge is 0.497 e. The number of anilines is 1. The van der Waals surface area contributed by atoms with E-state index in [4.69, 9.17) is 45.8 Å². The number of para-hydroxylation sites is 2. The molecule has 4 atom stereocenters. The Morgan fingerprint density at radius 1 is 0.596 bits per heavy atom. The lowest BCUT2D eigenvalue weighted by Gasteiger charge is -2.28. The fourth-order valence-electron chi connectivity index (χ4n) is 11.4. The van der Waals surface area contributed by atoms with Gasteiger partial charge in [0, 0.05) is 61.7 Å². The molecule has 15 heteroatoms. The number of rotatable bonds is 12. The fraction of sp³-hybridized carbons (Fsp3) is 0.556. The number of fused-ring (bicyclic) bond motifs is 3. The van der Waals surface area contributed by atoms with E-state index in [1.807, 2.05) is 61.0 Å². The Labute approximate surface area is 695 Å². The lowest BCUT2D eigenvalue weighted by atomic mass is 9.87. The molecule has 0 saturated carbocycles. The summed E-state index contributed by atoms with van der Waals surface area (Å²) in [6.07, 6.45) is 10.8. The number of aryl methyl sites for hydroxylation is 2. The van der Waals surface area contributed by atoms with Gasteiger partial charge >= 0.3 is 0 Å². The quantitative estimate of drug-likeness (QED) is 0.114. The first-order chi connectivity index (χ1) is 52.8. The van der Waals surface area contributed by atoms with Crippen LogP contribution in [0.15, 0.2) is 152 Å². The number of hydrogen-bond donors (Lipinski definition) is 0. The predicted octanol–water partition coefficient (Wildman–Crippen LogP) is 26.3. The average Bonchev–Trinajstić information content (AvgIpc) is 1.74. The molecule has 1 fully saturated rings. The molecular formula is C99H146ClN9O5. The third-order valence-corrected chi connectivity index (χ3v) is 20.1. The van der Waals surface area contributed by atoms with E-state index >= 15 is 0 Å². The summed E-state index contributed by atoms with van der Waals surface area (Å²) in [5, 5.41) is 27.8. The molecule has 3 aromatic heterocycles. The highest BCUT2D eigenvalue weighted by Crippen LogP contribution is 2.37. The molecule has 114 heavy (non-hydrogen) atoms. The number of halogens is 1. The summed E-state index contributed by atoms with van der Waals surface area (Å²) in [5.74, 6) is 4.89. The van der Waals surface area contributed by atoms with Gasteiger partial charge in [0.15, 0.2) is 0 Å². The van der Waals surface area contributed by atoms with E-state index in [0.717, 1.165) is 85.6 Å². The van der Waals surface area contributed by atoms with Crippen LogP contribution in [-0.4, -0.2) is 80.8 Å². The minimum absolute atomic E-state index is 0.0371. The predicted molar refractivity (Wildman–Crippen MR) is 481 cm³/mol. The molecular weight excluding hydrogens is 1430 g/mol. The van der Waals surface area contributed by atoms with Crippen molar-refractivity contribution in [2.75, 3.05) is 31.7 Å². The zero-order chi connectivity index (χ0) is 86.0. The van der Waals surface area contributed by atoms with Crippen molar-refractivity contribution in [1.82, 2.24) is 29.5 Å². The first kappa shape index (κ1) is 97.9. The summed E-state index contributed by atoms with van der Waals surface area (Å²) in [6, 6.07) is 50.7. The van der Waals surface area contributed by atoms with Crippen molar-refractivity contribution >= 4 is 39.5 Å². The number of methoxy groups -OCH3 is 1. The van der Waals surface area contributed by atoms with Crippen molar-refractivity contribution < 1.29 is 23.7 Å². The number of aromatic nitrogens is 6. The number of nitrogens with zero attached hydrogens (tertiary/aromatic N) is 9. The van der Waals surface area contributed by atoms with Gasteiger partial charge in [-0.3, -0.25) is 0 Å². The van der Waals surface area contributed by atoms with Crippen LogP contribution in [0.1, 0.15) is 266 Å². The highest BCUT2D eigenvalue weighted by Gasteiger charge is 2.33. The maximum Gasteiger partial charge on any atom is 0.225 e. The molecule has 0 N–H and O–H groups in total. The minimum atomic E-state index is -0.0371. The third kappa shape index (κ3) is 34.6. The molecule has 6 aromatic carbocycles. The van der Waals surface area contributed by atoms with E-state index in [-0.39, 0.29) is 44.7 Å². The zero-order valence-electron chi connectivity index (χ0n) is 76.3. The van der Waals surface area contributed by atoms with Crippen LogP contribution >= 0.6 is 11.6 Å². The Morgan fingerprint density at radius 3 is 1.73 bits per heavy atom. The lowest BCUT2D eigenvalue weighted by Crippen LogP contribution is -2.31. The van der Waals surface area contributed by atoms with Gasteiger partial charge < -0.3 is 33.2 Å². The smallest absolute Gasteiger partial charge is 0.225 e. The molecule has 2 aliphatic heterocycles. The SMILES string of the molecule is CC(C)(C)C1Cc2ccccc2O1.CC(C)(C)c1nc(N2CCCCC2)ncc1Cl.CC(C)COC(C)C(C)(C)C.CC(Oc1cccc(C#N)c1)C(C)(C)C.CC(Oc1ccccc1C#N)C(C)(C)C.CCn1nnc2cc(C(C)(C)C)ccc21.COc1ccc2c(ccn2CC(C)(C)C)c1.Cc1ccc(CC(C)(C)C)cc1. The molecule has 0 bridgehead atoms. The average molecular weight is 1580 g/mol. The maximum atomic E-state index is 8.90. The Bertz CT molecular complexity index is 4400. The Hall–Kier alpha value is -8.43. The normalized spacial score (nSPS) is 14.4. The maximum absolute atomic E-state index is 8.90. The van der Waals surface area contributed by atoms with Gasteiger partial charge in [-0.1, -0.05) is 269 Å². The Morgan fingerprint density at radius 2 is 1.19 bits per heavy atom. The first-order valence-corrected chi connectivity index (χ1v) is 41.6. The highest BCUT2D eigenvalue weighted by molar-refractivity contribution is 6.31. The van der Waals surface area contributed by atoms with E-state index in [0.29, 0.717) is 50.9 Å². The second kappa shape index (κ2) is 43.5. The fourth-order valence-corrected chi connectivity index (χ4v) is 11.7. The molecule has 624 valence electrons. The van der Waals surface area contributed by atoms with Crippen LogP contribution in [0.4, 0.5) is 5.95 Å². The van der Waals surface area contributed by atoms with Gasteiger partial charge in [-0.25, -0.2) is 14.6 Å². The van der Waals surface area contributed by atoms with E-state index in [9.17, 15) is 0 Å². The van der Waals surface area contributed by atoms with Crippen LogP contribution in [0.25, 0.3) is 21.9 Å². The second-order valence-electron chi connectivity index (χ2n) is 39.7. The molecule has 2 aliphatic rings. The van der Waals surface area contributed by atoms with Crippen molar-refractivity contribution in [3.05, 3.63) is 196 Å². The lowest BCUT2D eigenvalue weighted by molar-refractivity contribution is -0.0169. The van der Waals surface area contributed by atoms with Crippen molar-refractivity contribution in [2.24, 2.45) is 38.4 Å². The monoisotopic (exact) mass is 1580 g/mol. The van der Waals surface area contributed by atoms with Crippen molar-refractivity contribution in [3.63, 3.8) is 0 Å². The molecule has 11 rings (SSSR count). The van der Waals surface area contributed by atoms with Crippen LogP contribution in [-0.2, 0) is 41.5 Å². The first-order valence-electron chi connectivity index (χ1n) is 41.3. The highest BCUT2D eigenvalue weighted by atomic mass is 35.5. The molecule has 0 aliphatic carbocycles. The summed E-state index contributed by atoms with van der Waals surface area (Å²) >= 11 is 6.18. The van der Waals surface area contributed by atoms with E-state index in [1.165, 1.54) is 52.4 Å². The van der Waals surface area contributed by atoms with Gasteiger partial charge in [-0.15, -0.1) is 5.10 Å². The molecule has 1 saturated heterocycles. The number of benzene rings is 6. The van der Waals surface area contributed by atoms with E-state index in [2.05, 4.69) is 328 Å². The van der Waals surface area contributed by atoms with Gasteiger partial charge in [0.2, 0.25) is 5.95 Å². The van der Waals surface area contributed by atoms with Crippen molar-refractivity contribution in [1.29, 1.82) is 10.5 Å². The summed E-state index contributed by atoms with van der Waals surface area (Å²) < 4.78 is 32.5. The molecule has 0 radical (unpaired) electrons. The topological polar surface area (TPSA) is 158 Å². The molecule has 0 amide bonds. The molecule has 4 unspecified atom stereocenters. The van der Waals surface area contributed by atoms with Gasteiger partial charge in [0.25, 0.3) is 0 Å². The van der Waals surface area contributed by atoms with Crippen molar-refractivity contribution in [3.8, 4) is 35.1 Å². The standard InChI is InChI=1S/C14H19NO.C13H20ClN3.2C13H17NO.C12H17N3.C12H16O.C12H18.C10H22O/c1-14(2,3)10-15-8-7-11-9-12(16-4)5-6-13(11)15;1-13(2,3)11-10(14)9-15-12(16-11)17-7-5-4-6-8-17;1-10(13(2,3)4)15-12-7-5-6-11(8-12)9-14;1-10(13(2,3)4)15-12-8-6-5-7-11(12)9-14;1-5-15-11-7-6-9(12(2,3)4)8-10(11)13-14-15;1-12(2,3)11-8-9-6-4-5-7-10(9)13-11;1-10-5-7-11(8-6-10)9-12(2,3)4;1-8(2)7-11-9(3)10(4,5)6/h5-9H,10H2,1-4H3;9H,4-8H2,1-3H3;2*5-8,10H,1-4H3;6-8H,5H2,1-4H3;4-7,11H,8H2,1-3H3;5-8H,9H2,1-4H3;8-9H,7H2,1-6H3. The third-order valence-electron chi connectivity index (χ3n) is 19.8. The number of ether oxygens (including phenoxy) is 5. The molecule has 14 nitrogen and oxygen atoms in total. The van der Waals surface area contributed by atoms with Gasteiger partial charge in [0.05, 0.1) is 52.8 Å². The van der Waals surface area contributed by atoms with E-state index in [1.54, 1.807) is 31.5 Å². The van der Waals surface area contributed by atoms with Gasteiger partial charge in [0.1, 0.15) is 52.9 Å². The Balaban J connectivity index is 0.000000275. The molecule has 0 spiro atoms. The van der Waals surface area contributed by atoms with Crippen LogP contribution in [0.3, 0.4) is 0 Å². The summed E-state index contributed by atoms with van der Waals surface area (Å²) in [4.78, 5) is 11.3. The van der Waals surface area contributed by atoms with Crippen molar-refractivity contribution in [2.45, 2.75) is 295 Å². The summed E-state index contributed by atoms with van der Waals surface area (Å²) in [6.45, 7) is 72.3. The van der Waals surface area contributed by atoms with Crippen LogP contribution in [0.5, 0.6) is 23.0 Å². The van der Waals surface area contributed by atoms with Crippen LogP contribution in [0, 0.1) is 68.0 Å². The number of hydrogen-bond acceptors (Lipinski definition) is 12. The van der Waals surface area contributed by atoms with Crippen LogP contribution in [0.2, 0.25) is 5.02 Å². The molecule has 5 heterocycles. The molecule has 9 aromatic rings. The second-order valence-corrected chi connectivity index (χ2v) is 40.1. The van der Waals surface area contributed by atoms with Gasteiger partial charge in [-0.05, 0) is 194 Å².